The van der Waals surface area contributed by atoms with Crippen LogP contribution in [0.2, 0.25) is 0 Å². The Morgan fingerprint density at radius 3 is 1.92 bits per heavy atom. The molecule has 208 valence electrons. The lowest BCUT2D eigenvalue weighted by atomic mass is 9.88. The largest absolute Gasteiger partial charge is 0.468 e. The van der Waals surface area contributed by atoms with Crippen LogP contribution in [0.25, 0.3) is 0 Å². The number of benzene rings is 1. The second-order valence-electron chi connectivity index (χ2n) is 10.2. The van der Waals surface area contributed by atoms with Gasteiger partial charge in [-0.05, 0) is 50.8 Å². The fraction of sp³-hybridized carbons (Fsp3) is 0.643. The third-order valence-electron chi connectivity index (χ3n) is 6.79. The summed E-state index contributed by atoms with van der Waals surface area (Å²) in [6, 6.07) is 4.67. The molecule has 37 heavy (non-hydrogen) atoms. The van der Waals surface area contributed by atoms with E-state index < -0.39 is 28.9 Å². The van der Waals surface area contributed by atoms with Crippen LogP contribution in [0.3, 0.4) is 0 Å². The monoisotopic (exact) mass is 521 g/mol. The van der Waals surface area contributed by atoms with Crippen LogP contribution in [0, 0.1) is 17.3 Å². The number of ether oxygens (including phenoxy) is 4. The minimum absolute atomic E-state index is 0.00185. The van der Waals surface area contributed by atoms with Crippen molar-refractivity contribution in [1.29, 1.82) is 0 Å². The third-order valence-corrected chi connectivity index (χ3v) is 6.79. The predicted molar refractivity (Wildman–Crippen MR) is 139 cm³/mol. The minimum Gasteiger partial charge on any atom is -0.468 e. The van der Waals surface area contributed by atoms with Crippen molar-refractivity contribution in [3.8, 4) is 11.5 Å². The highest BCUT2D eigenvalue weighted by molar-refractivity contribution is 5.81. The normalized spacial score (nSPS) is 14.6. The van der Waals surface area contributed by atoms with Gasteiger partial charge < -0.3 is 24.7 Å². The molecule has 9 heteroatoms. The SMILES string of the molecule is CCC(C)C(=O)Oc1ccc(C[C@](N)(CCOC(=O)C(C)(C)CC)C(=O)OC)cc1OC(=O)C(C)CC. The number of hydrogen-bond donors (Lipinski definition) is 1. The Hall–Kier alpha value is -2.94. The Bertz CT molecular complexity index is 958. The first kappa shape index (κ1) is 32.1. The van der Waals surface area contributed by atoms with E-state index in [1.165, 1.54) is 19.2 Å². The van der Waals surface area contributed by atoms with E-state index >= 15 is 0 Å². The number of rotatable bonds is 14. The van der Waals surface area contributed by atoms with E-state index in [4.69, 9.17) is 24.7 Å². The molecule has 9 nitrogen and oxygen atoms in total. The third kappa shape index (κ3) is 9.14. The summed E-state index contributed by atoms with van der Waals surface area (Å²) in [6.45, 7) is 12.6. The quantitative estimate of drug-likeness (QED) is 0.280. The number of nitrogens with two attached hydrogens (primary N) is 1. The number of hydrogen-bond acceptors (Lipinski definition) is 9. The molecule has 0 radical (unpaired) electrons. The molecule has 2 unspecified atom stereocenters. The zero-order valence-electron chi connectivity index (χ0n) is 23.5. The zero-order valence-corrected chi connectivity index (χ0v) is 23.5. The molecule has 0 amide bonds. The van der Waals surface area contributed by atoms with Crippen molar-refractivity contribution in [3.63, 3.8) is 0 Å². The number of carbonyl (C=O) groups is 4. The Morgan fingerprint density at radius 1 is 0.892 bits per heavy atom. The predicted octanol–water partition coefficient (Wildman–Crippen LogP) is 4.37. The molecule has 0 aliphatic rings. The van der Waals surface area contributed by atoms with Crippen LogP contribution in [0.5, 0.6) is 11.5 Å². The van der Waals surface area contributed by atoms with E-state index in [1.54, 1.807) is 33.8 Å². The Labute approximate surface area is 220 Å². The maximum absolute atomic E-state index is 12.6. The van der Waals surface area contributed by atoms with E-state index in [0.29, 0.717) is 24.8 Å². The Kier molecular flexibility index (Phi) is 12.2. The molecule has 0 bridgehead atoms. The van der Waals surface area contributed by atoms with Crippen molar-refractivity contribution >= 4 is 23.9 Å². The molecular formula is C28H43NO8. The van der Waals surface area contributed by atoms with Gasteiger partial charge in [-0.25, -0.2) is 0 Å². The molecule has 0 saturated heterocycles. The highest BCUT2D eigenvalue weighted by atomic mass is 16.6. The maximum Gasteiger partial charge on any atom is 0.326 e. The van der Waals surface area contributed by atoms with Gasteiger partial charge in [0.1, 0.15) is 5.54 Å². The van der Waals surface area contributed by atoms with Crippen LogP contribution in [0.4, 0.5) is 0 Å². The summed E-state index contributed by atoms with van der Waals surface area (Å²) in [7, 11) is 1.23. The van der Waals surface area contributed by atoms with Gasteiger partial charge in [-0.1, -0.05) is 40.7 Å². The number of esters is 4. The van der Waals surface area contributed by atoms with Gasteiger partial charge in [-0.15, -0.1) is 0 Å². The summed E-state index contributed by atoms with van der Waals surface area (Å²) in [4.78, 5) is 49.9. The van der Waals surface area contributed by atoms with Crippen molar-refractivity contribution in [2.24, 2.45) is 23.0 Å². The van der Waals surface area contributed by atoms with Gasteiger partial charge in [0.05, 0.1) is 31.0 Å². The second kappa shape index (κ2) is 14.1. The van der Waals surface area contributed by atoms with Crippen LogP contribution in [-0.2, 0) is 35.1 Å². The summed E-state index contributed by atoms with van der Waals surface area (Å²) < 4.78 is 21.4. The molecule has 0 fully saturated rings. The van der Waals surface area contributed by atoms with Crippen molar-refractivity contribution in [2.45, 2.75) is 86.1 Å². The van der Waals surface area contributed by atoms with E-state index in [2.05, 4.69) is 0 Å². The molecule has 1 rings (SSSR count). The molecule has 0 aliphatic heterocycles. The fourth-order valence-corrected chi connectivity index (χ4v) is 3.07. The first-order valence-electron chi connectivity index (χ1n) is 12.8. The molecule has 3 atom stereocenters. The van der Waals surface area contributed by atoms with Gasteiger partial charge in [-0.3, -0.25) is 19.2 Å². The van der Waals surface area contributed by atoms with Crippen LogP contribution >= 0.6 is 0 Å². The zero-order chi connectivity index (χ0) is 28.4. The summed E-state index contributed by atoms with van der Waals surface area (Å²) >= 11 is 0. The van der Waals surface area contributed by atoms with Gasteiger partial charge >= 0.3 is 23.9 Å². The average Bonchev–Trinajstić information content (AvgIpc) is 2.88. The smallest absolute Gasteiger partial charge is 0.326 e. The van der Waals surface area contributed by atoms with E-state index in [0.717, 1.165) is 0 Å². The minimum atomic E-state index is -1.52. The molecule has 2 N–H and O–H groups in total. The molecule has 1 aromatic carbocycles. The molecule has 0 heterocycles. The lowest BCUT2D eigenvalue weighted by Crippen LogP contribution is -2.51. The molecule has 0 aromatic heterocycles. The van der Waals surface area contributed by atoms with Crippen molar-refractivity contribution in [1.82, 2.24) is 0 Å². The van der Waals surface area contributed by atoms with Crippen LogP contribution in [0.15, 0.2) is 18.2 Å². The summed E-state index contributed by atoms with van der Waals surface area (Å²) in [5.74, 6) is -2.53. The molecule has 0 spiro atoms. The standard InChI is InChI=1S/C28H43NO8/c1-9-18(4)23(30)36-21-13-12-20(16-22(21)37-24(31)19(5)10-2)17-28(29,26(33)34-8)14-15-35-25(32)27(6,7)11-3/h12-13,16,18-19H,9-11,14-15,17,29H2,1-8H3/t18?,19?,28-/m1/s1. The lowest BCUT2D eigenvalue weighted by Gasteiger charge is -2.28. The van der Waals surface area contributed by atoms with Gasteiger partial charge in [-0.2, -0.15) is 0 Å². The molecule has 1 aromatic rings. The van der Waals surface area contributed by atoms with E-state index in [9.17, 15) is 19.2 Å². The lowest BCUT2D eigenvalue weighted by molar-refractivity contribution is -0.157. The highest BCUT2D eigenvalue weighted by Crippen LogP contribution is 2.32. The highest BCUT2D eigenvalue weighted by Gasteiger charge is 2.37. The first-order valence-corrected chi connectivity index (χ1v) is 12.8. The summed E-state index contributed by atoms with van der Waals surface area (Å²) in [6.07, 6.45) is 1.78. The fourth-order valence-electron chi connectivity index (χ4n) is 3.07. The molecule has 0 saturated carbocycles. The van der Waals surface area contributed by atoms with Gasteiger partial charge in [0.15, 0.2) is 11.5 Å². The average molecular weight is 522 g/mol. The Balaban J connectivity index is 3.24. The number of carbonyl (C=O) groups excluding carboxylic acids is 4. The first-order chi connectivity index (χ1) is 17.2. The summed E-state index contributed by atoms with van der Waals surface area (Å²) in [5.41, 5.74) is 4.83. The number of methoxy groups -OCH3 is 1. The van der Waals surface area contributed by atoms with Gasteiger partial charge in [0.25, 0.3) is 0 Å². The topological polar surface area (TPSA) is 131 Å². The molecular weight excluding hydrogens is 478 g/mol. The van der Waals surface area contributed by atoms with Crippen LogP contribution in [0.1, 0.15) is 79.7 Å². The van der Waals surface area contributed by atoms with Crippen molar-refractivity contribution in [2.75, 3.05) is 13.7 Å². The second-order valence-corrected chi connectivity index (χ2v) is 10.2. The van der Waals surface area contributed by atoms with E-state index in [1.807, 2.05) is 20.8 Å². The van der Waals surface area contributed by atoms with Crippen molar-refractivity contribution < 1.29 is 38.1 Å². The van der Waals surface area contributed by atoms with Gasteiger partial charge in [0, 0.05) is 12.8 Å². The Morgan fingerprint density at radius 2 is 1.43 bits per heavy atom. The van der Waals surface area contributed by atoms with Gasteiger partial charge in [0.2, 0.25) is 0 Å². The van der Waals surface area contributed by atoms with E-state index in [-0.39, 0.29) is 48.8 Å². The molecule has 0 aliphatic carbocycles. The van der Waals surface area contributed by atoms with Crippen LogP contribution < -0.4 is 15.2 Å². The maximum atomic E-state index is 12.6. The van der Waals surface area contributed by atoms with Crippen LogP contribution in [-0.4, -0.2) is 43.1 Å². The summed E-state index contributed by atoms with van der Waals surface area (Å²) in [5, 5.41) is 0. The van der Waals surface area contributed by atoms with Crippen molar-refractivity contribution in [3.05, 3.63) is 23.8 Å².